The van der Waals surface area contributed by atoms with Gasteiger partial charge in [0.2, 0.25) is 0 Å². The SMILES string of the molecule is CCC(CC)(CC1CCC(=O)CC1)C1CCC(=O)CC1. The average molecular weight is 278 g/mol. The zero-order valence-corrected chi connectivity index (χ0v) is 13.2. The van der Waals surface area contributed by atoms with E-state index < -0.39 is 0 Å². The van der Waals surface area contributed by atoms with Gasteiger partial charge in [0.1, 0.15) is 11.6 Å². The second-order valence-corrected chi connectivity index (χ2v) is 7.07. The first-order valence-corrected chi connectivity index (χ1v) is 8.63. The number of carbonyl (C=O) groups excluding carboxylic acids is 2. The number of Topliss-reactive ketones (excluding diaryl/α,β-unsaturated/α-hetero) is 2. The van der Waals surface area contributed by atoms with Gasteiger partial charge in [-0.15, -0.1) is 0 Å². The molecular formula is C18H30O2. The van der Waals surface area contributed by atoms with E-state index in [1.54, 1.807) is 0 Å². The van der Waals surface area contributed by atoms with Crippen molar-refractivity contribution in [2.45, 2.75) is 84.5 Å². The monoisotopic (exact) mass is 278 g/mol. The zero-order chi connectivity index (χ0) is 14.6. The summed E-state index contributed by atoms with van der Waals surface area (Å²) in [4.78, 5) is 22.9. The third-order valence-electron chi connectivity index (χ3n) is 6.18. The van der Waals surface area contributed by atoms with E-state index in [2.05, 4.69) is 13.8 Å². The molecule has 0 bridgehead atoms. The molecule has 0 saturated heterocycles. The maximum atomic E-state index is 11.5. The molecule has 20 heavy (non-hydrogen) atoms. The molecule has 0 aliphatic heterocycles. The number of carbonyl (C=O) groups is 2. The normalized spacial score (nSPS) is 23.3. The Balaban J connectivity index is 2.00. The first-order valence-electron chi connectivity index (χ1n) is 8.63. The van der Waals surface area contributed by atoms with Crippen molar-refractivity contribution in [3.63, 3.8) is 0 Å². The maximum absolute atomic E-state index is 11.5. The van der Waals surface area contributed by atoms with Gasteiger partial charge in [-0.25, -0.2) is 0 Å². The number of hydrogen-bond acceptors (Lipinski definition) is 2. The fourth-order valence-corrected chi connectivity index (χ4v) is 4.61. The highest BCUT2D eigenvalue weighted by molar-refractivity contribution is 5.79. The fourth-order valence-electron chi connectivity index (χ4n) is 4.61. The van der Waals surface area contributed by atoms with Crippen LogP contribution in [0.25, 0.3) is 0 Å². The molecule has 0 amide bonds. The van der Waals surface area contributed by atoms with Crippen LogP contribution in [0.4, 0.5) is 0 Å². The molecule has 114 valence electrons. The van der Waals surface area contributed by atoms with Crippen molar-refractivity contribution in [1.29, 1.82) is 0 Å². The van der Waals surface area contributed by atoms with E-state index in [1.807, 2.05) is 0 Å². The van der Waals surface area contributed by atoms with Crippen LogP contribution in [0.1, 0.15) is 84.5 Å². The first-order chi connectivity index (χ1) is 9.59. The summed E-state index contributed by atoms with van der Waals surface area (Å²) in [6.07, 6.45) is 11.4. The van der Waals surface area contributed by atoms with Gasteiger partial charge in [0, 0.05) is 25.7 Å². The number of ketones is 2. The van der Waals surface area contributed by atoms with Crippen molar-refractivity contribution in [3.05, 3.63) is 0 Å². The summed E-state index contributed by atoms with van der Waals surface area (Å²) < 4.78 is 0. The topological polar surface area (TPSA) is 34.1 Å². The van der Waals surface area contributed by atoms with Crippen LogP contribution in [0.15, 0.2) is 0 Å². The van der Waals surface area contributed by atoms with Crippen LogP contribution in [-0.4, -0.2) is 11.6 Å². The summed E-state index contributed by atoms with van der Waals surface area (Å²) in [5.74, 6) is 2.40. The number of rotatable bonds is 5. The molecule has 2 aliphatic rings. The van der Waals surface area contributed by atoms with E-state index in [9.17, 15) is 9.59 Å². The lowest BCUT2D eigenvalue weighted by Gasteiger charge is -2.44. The van der Waals surface area contributed by atoms with E-state index in [0.29, 0.717) is 17.0 Å². The smallest absolute Gasteiger partial charge is 0.132 e. The van der Waals surface area contributed by atoms with Crippen LogP contribution < -0.4 is 0 Å². The predicted octanol–water partition coefficient (Wildman–Crippen LogP) is 4.70. The zero-order valence-electron chi connectivity index (χ0n) is 13.2. The Morgan fingerprint density at radius 1 is 0.850 bits per heavy atom. The van der Waals surface area contributed by atoms with E-state index in [-0.39, 0.29) is 0 Å². The Kier molecular flexibility index (Phi) is 5.40. The summed E-state index contributed by atoms with van der Waals surface area (Å²) in [7, 11) is 0. The minimum Gasteiger partial charge on any atom is -0.300 e. The van der Waals surface area contributed by atoms with Crippen molar-refractivity contribution in [1.82, 2.24) is 0 Å². The van der Waals surface area contributed by atoms with Crippen molar-refractivity contribution in [2.75, 3.05) is 0 Å². The minimum absolute atomic E-state index is 0.422. The van der Waals surface area contributed by atoms with Crippen LogP contribution in [0, 0.1) is 17.3 Å². The van der Waals surface area contributed by atoms with Crippen LogP contribution in [0.3, 0.4) is 0 Å². The highest BCUT2D eigenvalue weighted by Crippen LogP contribution is 2.48. The molecular weight excluding hydrogens is 248 g/mol. The Bertz CT molecular complexity index is 334. The quantitative estimate of drug-likeness (QED) is 0.730. The van der Waals surface area contributed by atoms with Crippen molar-refractivity contribution >= 4 is 11.6 Å². The lowest BCUT2D eigenvalue weighted by molar-refractivity contribution is -0.123. The average Bonchev–Trinajstić information content (AvgIpc) is 2.48. The van der Waals surface area contributed by atoms with E-state index >= 15 is 0 Å². The number of hydrogen-bond donors (Lipinski definition) is 0. The second-order valence-electron chi connectivity index (χ2n) is 7.07. The predicted molar refractivity (Wildman–Crippen MR) is 81.6 cm³/mol. The third kappa shape index (κ3) is 3.51. The summed E-state index contributed by atoms with van der Waals surface area (Å²) in [6, 6.07) is 0. The van der Waals surface area contributed by atoms with Crippen molar-refractivity contribution < 1.29 is 9.59 Å². The summed E-state index contributed by atoms with van der Waals surface area (Å²) >= 11 is 0. The van der Waals surface area contributed by atoms with Gasteiger partial charge in [0.05, 0.1) is 0 Å². The van der Waals surface area contributed by atoms with Gasteiger partial charge in [-0.05, 0) is 49.4 Å². The molecule has 2 rings (SSSR count). The molecule has 0 heterocycles. The molecule has 0 atom stereocenters. The molecule has 2 heteroatoms. The summed E-state index contributed by atoms with van der Waals surface area (Å²) in [5, 5.41) is 0. The van der Waals surface area contributed by atoms with Crippen LogP contribution >= 0.6 is 0 Å². The molecule has 2 aliphatic carbocycles. The minimum atomic E-state index is 0.422. The lowest BCUT2D eigenvalue weighted by atomic mass is 9.61. The molecule has 0 aromatic rings. The van der Waals surface area contributed by atoms with Crippen molar-refractivity contribution in [2.24, 2.45) is 17.3 Å². The molecule has 2 saturated carbocycles. The third-order valence-corrected chi connectivity index (χ3v) is 6.18. The van der Waals surface area contributed by atoms with Gasteiger partial charge in [-0.2, -0.15) is 0 Å². The van der Waals surface area contributed by atoms with E-state index in [4.69, 9.17) is 0 Å². The van der Waals surface area contributed by atoms with E-state index in [0.717, 1.165) is 63.2 Å². The molecule has 0 aromatic heterocycles. The maximum Gasteiger partial charge on any atom is 0.132 e. The van der Waals surface area contributed by atoms with E-state index in [1.165, 1.54) is 19.3 Å². The largest absolute Gasteiger partial charge is 0.300 e. The Morgan fingerprint density at radius 2 is 1.30 bits per heavy atom. The van der Waals surface area contributed by atoms with Gasteiger partial charge in [-0.3, -0.25) is 9.59 Å². The van der Waals surface area contributed by atoms with Gasteiger partial charge in [0.15, 0.2) is 0 Å². The molecule has 2 nitrogen and oxygen atoms in total. The van der Waals surface area contributed by atoms with Crippen LogP contribution in [-0.2, 0) is 9.59 Å². The molecule has 0 aromatic carbocycles. The molecule has 0 N–H and O–H groups in total. The lowest BCUT2D eigenvalue weighted by Crippen LogP contribution is -2.35. The van der Waals surface area contributed by atoms with Gasteiger partial charge in [0.25, 0.3) is 0 Å². The molecule has 2 fully saturated rings. The Hall–Kier alpha value is -0.660. The second kappa shape index (κ2) is 6.87. The fraction of sp³-hybridized carbons (Fsp3) is 0.889. The molecule has 0 spiro atoms. The van der Waals surface area contributed by atoms with Crippen LogP contribution in [0.2, 0.25) is 0 Å². The highest BCUT2D eigenvalue weighted by atomic mass is 16.1. The van der Waals surface area contributed by atoms with Crippen LogP contribution in [0.5, 0.6) is 0 Å². The highest BCUT2D eigenvalue weighted by Gasteiger charge is 2.39. The van der Waals surface area contributed by atoms with Gasteiger partial charge < -0.3 is 0 Å². The Morgan fingerprint density at radius 3 is 1.75 bits per heavy atom. The molecule has 0 radical (unpaired) electrons. The van der Waals surface area contributed by atoms with Gasteiger partial charge in [-0.1, -0.05) is 26.7 Å². The molecule has 0 unspecified atom stereocenters. The standard InChI is InChI=1S/C18H30O2/c1-3-18(4-2,15-7-11-17(20)12-8-15)13-14-5-9-16(19)10-6-14/h14-15H,3-13H2,1-2H3. The summed E-state index contributed by atoms with van der Waals surface area (Å²) in [6.45, 7) is 4.65. The first kappa shape index (κ1) is 15.7. The van der Waals surface area contributed by atoms with Gasteiger partial charge >= 0.3 is 0 Å². The summed E-state index contributed by atoms with van der Waals surface area (Å²) in [5.41, 5.74) is 0.422. The Labute approximate surface area is 123 Å². The van der Waals surface area contributed by atoms with Crippen molar-refractivity contribution in [3.8, 4) is 0 Å².